The number of phenolic OH excluding ortho intramolecular Hbond substituents is 1. The standard InChI is InChI=1S/C15H25BrN2O/c1-4-7-18(11-15(2,3)10-17)9-12-8-13(16)5-6-14(12)19/h5-6,8,19H,4,7,9-11,17H2,1-3H3. The second kappa shape index (κ2) is 7.27. The minimum atomic E-state index is 0.0940. The Labute approximate surface area is 124 Å². The molecule has 0 aliphatic rings. The van der Waals surface area contributed by atoms with Crippen LogP contribution in [0, 0.1) is 5.41 Å². The molecule has 0 aromatic heterocycles. The summed E-state index contributed by atoms with van der Waals surface area (Å²) in [5, 5.41) is 9.94. The van der Waals surface area contributed by atoms with Crippen molar-refractivity contribution in [2.75, 3.05) is 19.6 Å². The summed E-state index contributed by atoms with van der Waals surface area (Å²) in [4.78, 5) is 2.36. The molecule has 0 unspecified atom stereocenters. The molecule has 0 atom stereocenters. The lowest BCUT2D eigenvalue weighted by Crippen LogP contribution is -2.38. The molecular formula is C15H25BrN2O. The third-order valence-corrected chi connectivity index (χ3v) is 3.67. The lowest BCUT2D eigenvalue weighted by molar-refractivity contribution is 0.174. The van der Waals surface area contributed by atoms with Crippen LogP contribution in [0.5, 0.6) is 5.75 Å². The predicted octanol–water partition coefficient (Wildman–Crippen LogP) is 3.35. The summed E-state index contributed by atoms with van der Waals surface area (Å²) in [7, 11) is 0. The Hall–Kier alpha value is -0.580. The van der Waals surface area contributed by atoms with E-state index < -0.39 is 0 Å². The zero-order chi connectivity index (χ0) is 14.5. The van der Waals surface area contributed by atoms with Crippen LogP contribution in [0.25, 0.3) is 0 Å². The van der Waals surface area contributed by atoms with Crippen molar-refractivity contribution in [2.24, 2.45) is 11.1 Å². The Morgan fingerprint density at radius 1 is 1.37 bits per heavy atom. The minimum absolute atomic E-state index is 0.0940. The number of aromatic hydroxyl groups is 1. The Morgan fingerprint density at radius 3 is 2.63 bits per heavy atom. The molecule has 108 valence electrons. The van der Waals surface area contributed by atoms with E-state index >= 15 is 0 Å². The van der Waals surface area contributed by atoms with Gasteiger partial charge in [0.1, 0.15) is 5.75 Å². The van der Waals surface area contributed by atoms with Crippen LogP contribution < -0.4 is 5.73 Å². The number of hydrogen-bond acceptors (Lipinski definition) is 3. The van der Waals surface area contributed by atoms with E-state index in [2.05, 4.69) is 41.6 Å². The number of rotatable bonds is 7. The van der Waals surface area contributed by atoms with Gasteiger partial charge in [0, 0.05) is 23.1 Å². The van der Waals surface area contributed by atoms with Crippen LogP contribution in [0.3, 0.4) is 0 Å². The van der Waals surface area contributed by atoms with Gasteiger partial charge in [-0.15, -0.1) is 0 Å². The van der Waals surface area contributed by atoms with Crippen molar-refractivity contribution in [1.29, 1.82) is 0 Å². The number of nitrogens with two attached hydrogens (primary N) is 1. The highest BCUT2D eigenvalue weighted by atomic mass is 79.9. The maximum atomic E-state index is 9.94. The maximum absolute atomic E-state index is 9.94. The molecule has 0 heterocycles. The van der Waals surface area contributed by atoms with Gasteiger partial charge in [-0.3, -0.25) is 4.90 Å². The van der Waals surface area contributed by atoms with E-state index in [4.69, 9.17) is 5.73 Å². The largest absolute Gasteiger partial charge is 0.508 e. The van der Waals surface area contributed by atoms with Crippen molar-refractivity contribution in [1.82, 2.24) is 4.90 Å². The zero-order valence-electron chi connectivity index (χ0n) is 12.1. The van der Waals surface area contributed by atoms with E-state index in [1.165, 1.54) is 0 Å². The Bertz CT molecular complexity index is 407. The summed E-state index contributed by atoms with van der Waals surface area (Å²) in [5.74, 6) is 0.356. The van der Waals surface area contributed by atoms with E-state index in [1.54, 1.807) is 6.07 Å². The second-order valence-electron chi connectivity index (χ2n) is 5.85. The molecule has 0 aliphatic carbocycles. The average molecular weight is 329 g/mol. The smallest absolute Gasteiger partial charge is 0.120 e. The van der Waals surface area contributed by atoms with E-state index in [0.29, 0.717) is 12.3 Å². The van der Waals surface area contributed by atoms with Crippen LogP contribution >= 0.6 is 15.9 Å². The van der Waals surface area contributed by atoms with Gasteiger partial charge >= 0.3 is 0 Å². The fourth-order valence-corrected chi connectivity index (χ4v) is 2.53. The molecular weight excluding hydrogens is 304 g/mol. The summed E-state index contributed by atoms with van der Waals surface area (Å²) in [6, 6.07) is 5.57. The van der Waals surface area contributed by atoms with Crippen LogP contribution in [0.2, 0.25) is 0 Å². The normalized spacial score (nSPS) is 12.1. The zero-order valence-corrected chi connectivity index (χ0v) is 13.7. The molecule has 0 fully saturated rings. The summed E-state index contributed by atoms with van der Waals surface area (Å²) in [6.45, 7) is 9.88. The molecule has 0 saturated carbocycles. The second-order valence-corrected chi connectivity index (χ2v) is 6.77. The number of halogens is 1. The van der Waals surface area contributed by atoms with Crippen LogP contribution in [0.15, 0.2) is 22.7 Å². The molecule has 3 nitrogen and oxygen atoms in total. The number of benzene rings is 1. The highest BCUT2D eigenvalue weighted by molar-refractivity contribution is 9.10. The van der Waals surface area contributed by atoms with Gasteiger partial charge in [-0.2, -0.15) is 0 Å². The van der Waals surface area contributed by atoms with Gasteiger partial charge in [0.05, 0.1) is 0 Å². The number of nitrogens with zero attached hydrogens (tertiary/aromatic N) is 1. The van der Waals surface area contributed by atoms with E-state index in [1.807, 2.05) is 12.1 Å². The molecule has 0 bridgehead atoms. The fraction of sp³-hybridized carbons (Fsp3) is 0.600. The van der Waals surface area contributed by atoms with Gasteiger partial charge in [0.25, 0.3) is 0 Å². The maximum Gasteiger partial charge on any atom is 0.120 e. The molecule has 1 rings (SSSR count). The lowest BCUT2D eigenvalue weighted by atomic mass is 9.93. The third kappa shape index (κ3) is 5.51. The van der Waals surface area contributed by atoms with Crippen molar-refractivity contribution >= 4 is 15.9 Å². The van der Waals surface area contributed by atoms with Gasteiger partial charge in [0.2, 0.25) is 0 Å². The highest BCUT2D eigenvalue weighted by Gasteiger charge is 2.20. The monoisotopic (exact) mass is 328 g/mol. The summed E-state index contributed by atoms with van der Waals surface area (Å²) >= 11 is 3.45. The molecule has 1 aromatic rings. The van der Waals surface area contributed by atoms with Crippen LogP contribution in [0.4, 0.5) is 0 Å². The predicted molar refractivity (Wildman–Crippen MR) is 84.2 cm³/mol. The highest BCUT2D eigenvalue weighted by Crippen LogP contribution is 2.25. The van der Waals surface area contributed by atoms with E-state index in [0.717, 1.165) is 36.1 Å². The first-order valence-corrected chi connectivity index (χ1v) is 7.57. The SMILES string of the molecule is CCCN(Cc1cc(Br)ccc1O)CC(C)(C)CN. The summed E-state index contributed by atoms with van der Waals surface area (Å²) in [6.07, 6.45) is 1.09. The van der Waals surface area contributed by atoms with Crippen LogP contribution in [-0.4, -0.2) is 29.6 Å². The van der Waals surface area contributed by atoms with Gasteiger partial charge in [-0.05, 0) is 43.1 Å². The molecule has 0 aliphatic heterocycles. The van der Waals surface area contributed by atoms with Crippen molar-refractivity contribution in [3.63, 3.8) is 0 Å². The molecule has 3 N–H and O–H groups in total. The van der Waals surface area contributed by atoms with Crippen LogP contribution in [-0.2, 0) is 6.54 Å². The molecule has 4 heteroatoms. The minimum Gasteiger partial charge on any atom is -0.508 e. The first kappa shape index (κ1) is 16.5. The first-order valence-electron chi connectivity index (χ1n) is 6.78. The number of hydrogen-bond donors (Lipinski definition) is 2. The van der Waals surface area contributed by atoms with E-state index in [9.17, 15) is 5.11 Å². The Morgan fingerprint density at radius 2 is 2.05 bits per heavy atom. The van der Waals surface area contributed by atoms with Crippen molar-refractivity contribution in [3.05, 3.63) is 28.2 Å². The number of phenols is 1. The molecule has 0 saturated heterocycles. The fourth-order valence-electron chi connectivity index (χ4n) is 2.12. The van der Waals surface area contributed by atoms with E-state index in [-0.39, 0.29) is 5.41 Å². The van der Waals surface area contributed by atoms with Crippen molar-refractivity contribution in [2.45, 2.75) is 33.7 Å². The topological polar surface area (TPSA) is 49.5 Å². The third-order valence-electron chi connectivity index (χ3n) is 3.18. The average Bonchev–Trinajstić information content (AvgIpc) is 2.34. The van der Waals surface area contributed by atoms with Crippen LogP contribution in [0.1, 0.15) is 32.8 Å². The van der Waals surface area contributed by atoms with Crippen molar-refractivity contribution < 1.29 is 5.11 Å². The quantitative estimate of drug-likeness (QED) is 0.806. The molecule has 19 heavy (non-hydrogen) atoms. The lowest BCUT2D eigenvalue weighted by Gasteiger charge is -2.31. The molecule has 0 radical (unpaired) electrons. The Kier molecular flexibility index (Phi) is 6.30. The summed E-state index contributed by atoms with van der Waals surface area (Å²) < 4.78 is 0.995. The Balaban J connectivity index is 2.80. The van der Waals surface area contributed by atoms with Gasteiger partial charge in [-0.1, -0.05) is 36.7 Å². The molecule has 1 aromatic carbocycles. The first-order chi connectivity index (χ1) is 8.88. The molecule has 0 amide bonds. The molecule has 0 spiro atoms. The van der Waals surface area contributed by atoms with Gasteiger partial charge < -0.3 is 10.8 Å². The summed E-state index contributed by atoms with van der Waals surface area (Å²) in [5.41, 5.74) is 6.86. The van der Waals surface area contributed by atoms with Gasteiger partial charge in [-0.25, -0.2) is 0 Å². The van der Waals surface area contributed by atoms with Crippen molar-refractivity contribution in [3.8, 4) is 5.75 Å². The van der Waals surface area contributed by atoms with Gasteiger partial charge in [0.15, 0.2) is 0 Å².